The molecule has 0 aromatic heterocycles. The molecule has 1 aromatic rings. The molecule has 5 heteroatoms. The standard InChI is InChI=1S/C7H2BrF2NO/c8-5-1-4(11-3-12)2-6(9)7(5)10/h1-2H. The molecule has 0 bridgehead atoms. The van der Waals surface area contributed by atoms with Crippen molar-refractivity contribution in [2.75, 3.05) is 0 Å². The summed E-state index contributed by atoms with van der Waals surface area (Å²) in [5.74, 6) is -2.06. The van der Waals surface area contributed by atoms with Gasteiger partial charge in [0.05, 0.1) is 10.2 Å². The molecule has 0 fully saturated rings. The Bertz CT molecular complexity index is 337. The Labute approximate surface area is 75.1 Å². The lowest BCUT2D eigenvalue weighted by Crippen LogP contribution is -1.83. The number of benzene rings is 1. The van der Waals surface area contributed by atoms with Crippen molar-refractivity contribution in [3.05, 3.63) is 28.2 Å². The maximum Gasteiger partial charge on any atom is 0.240 e. The SMILES string of the molecule is O=C=Nc1cc(F)c(F)c(Br)c1. The van der Waals surface area contributed by atoms with Crippen LogP contribution in [0.15, 0.2) is 21.6 Å². The van der Waals surface area contributed by atoms with Crippen LogP contribution >= 0.6 is 15.9 Å². The summed E-state index contributed by atoms with van der Waals surface area (Å²) in [6.07, 6.45) is 1.22. The molecule has 0 radical (unpaired) electrons. The van der Waals surface area contributed by atoms with E-state index >= 15 is 0 Å². The predicted octanol–water partition coefficient (Wildman–Crippen LogP) is 2.69. The van der Waals surface area contributed by atoms with Gasteiger partial charge in [-0.2, -0.15) is 4.99 Å². The molecule has 0 aliphatic carbocycles. The number of nitrogens with zero attached hydrogens (tertiary/aromatic N) is 1. The first-order chi connectivity index (χ1) is 5.65. The van der Waals surface area contributed by atoms with Gasteiger partial charge in [0.2, 0.25) is 6.08 Å². The Morgan fingerprint density at radius 2 is 2.08 bits per heavy atom. The summed E-state index contributed by atoms with van der Waals surface area (Å²) >= 11 is 2.76. The highest BCUT2D eigenvalue weighted by molar-refractivity contribution is 9.10. The van der Waals surface area contributed by atoms with E-state index in [0.717, 1.165) is 6.07 Å². The number of halogens is 3. The van der Waals surface area contributed by atoms with Crippen LogP contribution in [0.25, 0.3) is 0 Å². The molecule has 1 aromatic carbocycles. The summed E-state index contributed by atoms with van der Waals surface area (Å²) in [6.45, 7) is 0. The summed E-state index contributed by atoms with van der Waals surface area (Å²) in [6, 6.07) is 1.99. The van der Waals surface area contributed by atoms with E-state index in [-0.39, 0.29) is 10.2 Å². The van der Waals surface area contributed by atoms with E-state index < -0.39 is 11.6 Å². The van der Waals surface area contributed by atoms with Crippen molar-refractivity contribution >= 4 is 27.7 Å². The van der Waals surface area contributed by atoms with Gasteiger partial charge in [-0.15, -0.1) is 0 Å². The molecule has 0 N–H and O–H groups in total. The lowest BCUT2D eigenvalue weighted by atomic mass is 10.3. The van der Waals surface area contributed by atoms with E-state index in [9.17, 15) is 13.6 Å². The second-order valence-corrected chi connectivity index (χ2v) is 2.78. The topological polar surface area (TPSA) is 29.4 Å². The second-order valence-electron chi connectivity index (χ2n) is 1.93. The summed E-state index contributed by atoms with van der Waals surface area (Å²) in [4.78, 5) is 12.9. The van der Waals surface area contributed by atoms with Crippen molar-refractivity contribution in [2.45, 2.75) is 0 Å². The molecule has 0 spiro atoms. The van der Waals surface area contributed by atoms with Gasteiger partial charge in [0.25, 0.3) is 0 Å². The quantitative estimate of drug-likeness (QED) is 0.417. The van der Waals surface area contributed by atoms with Crippen LogP contribution in [0.2, 0.25) is 0 Å². The third-order valence-electron chi connectivity index (χ3n) is 1.14. The minimum absolute atomic E-state index is 0.0239. The van der Waals surface area contributed by atoms with Crippen LogP contribution < -0.4 is 0 Å². The second kappa shape index (κ2) is 3.56. The first-order valence-electron chi connectivity index (χ1n) is 2.87. The van der Waals surface area contributed by atoms with Crippen molar-refractivity contribution in [1.29, 1.82) is 0 Å². The van der Waals surface area contributed by atoms with Crippen molar-refractivity contribution in [3.63, 3.8) is 0 Å². The van der Waals surface area contributed by atoms with Crippen LogP contribution in [0.5, 0.6) is 0 Å². The van der Waals surface area contributed by atoms with E-state index in [1.54, 1.807) is 0 Å². The van der Waals surface area contributed by atoms with Gasteiger partial charge in [0.1, 0.15) is 0 Å². The van der Waals surface area contributed by atoms with Crippen LogP contribution in [0.4, 0.5) is 14.5 Å². The minimum Gasteiger partial charge on any atom is -0.211 e. The van der Waals surface area contributed by atoms with Crippen molar-refractivity contribution in [2.24, 2.45) is 4.99 Å². The fourth-order valence-corrected chi connectivity index (χ4v) is 1.08. The lowest BCUT2D eigenvalue weighted by Gasteiger charge is -1.96. The van der Waals surface area contributed by atoms with Crippen LogP contribution in [0.1, 0.15) is 0 Å². The van der Waals surface area contributed by atoms with Gasteiger partial charge in [-0.25, -0.2) is 13.6 Å². The highest BCUT2D eigenvalue weighted by Crippen LogP contribution is 2.24. The van der Waals surface area contributed by atoms with Gasteiger partial charge in [-0.1, -0.05) is 0 Å². The molecule has 0 saturated carbocycles. The van der Waals surface area contributed by atoms with E-state index in [4.69, 9.17) is 0 Å². The number of rotatable bonds is 1. The number of aliphatic imine (C=N–C) groups is 1. The molecular weight excluding hydrogens is 232 g/mol. The Kier molecular flexibility index (Phi) is 2.68. The molecule has 0 amide bonds. The van der Waals surface area contributed by atoms with Crippen LogP contribution in [0, 0.1) is 11.6 Å². The largest absolute Gasteiger partial charge is 0.240 e. The van der Waals surface area contributed by atoms with Gasteiger partial charge in [0.15, 0.2) is 11.6 Å². The van der Waals surface area contributed by atoms with E-state index in [0.29, 0.717) is 0 Å². The molecule has 0 unspecified atom stereocenters. The van der Waals surface area contributed by atoms with E-state index in [2.05, 4.69) is 20.9 Å². The maximum absolute atomic E-state index is 12.6. The molecule has 0 heterocycles. The highest BCUT2D eigenvalue weighted by atomic mass is 79.9. The Morgan fingerprint density at radius 3 is 2.58 bits per heavy atom. The number of carbonyl (C=O) groups excluding carboxylic acids is 1. The molecule has 62 valence electrons. The summed E-state index contributed by atoms with van der Waals surface area (Å²) in [7, 11) is 0. The molecule has 1 rings (SSSR count). The Hall–Kier alpha value is -1.06. The minimum atomic E-state index is -1.06. The van der Waals surface area contributed by atoms with Crippen LogP contribution in [-0.2, 0) is 4.79 Å². The van der Waals surface area contributed by atoms with Gasteiger partial charge < -0.3 is 0 Å². The highest BCUT2D eigenvalue weighted by Gasteiger charge is 2.07. The van der Waals surface area contributed by atoms with Gasteiger partial charge in [-0.3, -0.25) is 0 Å². The third kappa shape index (κ3) is 1.75. The smallest absolute Gasteiger partial charge is 0.211 e. The van der Waals surface area contributed by atoms with Gasteiger partial charge in [-0.05, 0) is 22.0 Å². The average Bonchev–Trinajstić information content (AvgIpc) is 2.01. The zero-order valence-corrected chi connectivity index (χ0v) is 7.23. The number of hydrogen-bond acceptors (Lipinski definition) is 2. The van der Waals surface area contributed by atoms with Crippen molar-refractivity contribution in [3.8, 4) is 0 Å². The van der Waals surface area contributed by atoms with Crippen LogP contribution in [-0.4, -0.2) is 6.08 Å². The molecule has 12 heavy (non-hydrogen) atoms. The summed E-state index contributed by atoms with van der Waals surface area (Å²) < 4.78 is 25.1. The van der Waals surface area contributed by atoms with Gasteiger partial charge in [0, 0.05) is 6.07 Å². The fourth-order valence-electron chi connectivity index (χ4n) is 0.659. The Morgan fingerprint density at radius 1 is 1.42 bits per heavy atom. The first-order valence-corrected chi connectivity index (χ1v) is 3.67. The molecule has 0 aliphatic rings. The normalized spacial score (nSPS) is 9.25. The average molecular weight is 234 g/mol. The lowest BCUT2D eigenvalue weighted by molar-refractivity contribution is 0.504. The van der Waals surface area contributed by atoms with Crippen molar-refractivity contribution < 1.29 is 13.6 Å². The van der Waals surface area contributed by atoms with Crippen LogP contribution in [0.3, 0.4) is 0 Å². The molecular formula is C7H2BrF2NO. The van der Waals surface area contributed by atoms with E-state index in [1.165, 1.54) is 12.1 Å². The fraction of sp³-hybridized carbons (Fsp3) is 0. The molecule has 0 saturated heterocycles. The first kappa shape index (κ1) is 9.03. The Balaban J connectivity index is 3.30. The molecule has 2 nitrogen and oxygen atoms in total. The summed E-state index contributed by atoms with van der Waals surface area (Å²) in [5.41, 5.74) is 0.0239. The summed E-state index contributed by atoms with van der Waals surface area (Å²) in [5, 5.41) is 0. The number of hydrogen-bond donors (Lipinski definition) is 0. The maximum atomic E-state index is 12.6. The predicted molar refractivity (Wildman–Crippen MR) is 41.8 cm³/mol. The third-order valence-corrected chi connectivity index (χ3v) is 1.72. The van der Waals surface area contributed by atoms with E-state index in [1.807, 2.05) is 0 Å². The zero-order valence-electron chi connectivity index (χ0n) is 5.64. The van der Waals surface area contributed by atoms with Crippen molar-refractivity contribution in [1.82, 2.24) is 0 Å². The number of isocyanates is 1. The molecule has 0 aliphatic heterocycles. The zero-order chi connectivity index (χ0) is 9.14. The van der Waals surface area contributed by atoms with Gasteiger partial charge >= 0.3 is 0 Å². The molecule has 0 atom stereocenters. The monoisotopic (exact) mass is 233 g/mol.